The molecule has 2 rings (SSSR count). The monoisotopic (exact) mass is 280 g/mol. The zero-order valence-electron chi connectivity index (χ0n) is 11.4. The number of carbonyl (C=O) groups is 1. The normalized spacial score (nSPS) is 18.2. The lowest BCUT2D eigenvalue weighted by Crippen LogP contribution is -2.34. The van der Waals surface area contributed by atoms with Gasteiger partial charge >= 0.3 is 0 Å². The Morgan fingerprint density at radius 1 is 1.26 bits per heavy atom. The zero-order chi connectivity index (χ0) is 13.7. The number of hydrogen-bond donors (Lipinski definition) is 0. The van der Waals surface area contributed by atoms with Crippen molar-refractivity contribution in [2.75, 3.05) is 6.61 Å². The second-order valence-electron chi connectivity index (χ2n) is 5.15. The van der Waals surface area contributed by atoms with Crippen molar-refractivity contribution in [3.05, 3.63) is 34.9 Å². The summed E-state index contributed by atoms with van der Waals surface area (Å²) in [5.41, 5.74) is 0.702. The van der Waals surface area contributed by atoms with E-state index < -0.39 is 0 Å². The molecule has 1 aliphatic carbocycles. The van der Waals surface area contributed by atoms with Crippen LogP contribution in [0.15, 0.2) is 24.3 Å². The Morgan fingerprint density at radius 2 is 1.89 bits per heavy atom. The number of rotatable bonds is 5. The van der Waals surface area contributed by atoms with Crippen molar-refractivity contribution in [2.24, 2.45) is 5.92 Å². The number of ether oxygens (including phenoxy) is 1. The molecule has 104 valence electrons. The average molecular weight is 281 g/mol. The van der Waals surface area contributed by atoms with Gasteiger partial charge in [0.2, 0.25) is 0 Å². The third-order valence-corrected chi connectivity index (χ3v) is 4.06. The maximum absolute atomic E-state index is 12.6. The van der Waals surface area contributed by atoms with E-state index in [9.17, 15) is 4.79 Å². The molecule has 1 aliphatic rings. The fraction of sp³-hybridized carbons (Fsp3) is 0.562. The van der Waals surface area contributed by atoms with Gasteiger partial charge in [-0.2, -0.15) is 0 Å². The summed E-state index contributed by atoms with van der Waals surface area (Å²) in [6.07, 6.45) is 5.62. The number of ketones is 1. The lowest BCUT2D eigenvalue weighted by atomic mass is 9.82. The molecule has 1 aromatic rings. The summed E-state index contributed by atoms with van der Waals surface area (Å²) in [6, 6.07) is 7.11. The summed E-state index contributed by atoms with van der Waals surface area (Å²) in [6.45, 7) is 2.53. The predicted octanol–water partition coefficient (Wildman–Crippen LogP) is 4.51. The van der Waals surface area contributed by atoms with Crippen LogP contribution in [0, 0.1) is 5.92 Å². The third kappa shape index (κ3) is 3.80. The molecule has 0 saturated heterocycles. The van der Waals surface area contributed by atoms with Crippen molar-refractivity contribution in [3.63, 3.8) is 0 Å². The topological polar surface area (TPSA) is 26.3 Å². The van der Waals surface area contributed by atoms with Crippen LogP contribution >= 0.6 is 11.6 Å². The van der Waals surface area contributed by atoms with E-state index in [0.29, 0.717) is 23.1 Å². The summed E-state index contributed by atoms with van der Waals surface area (Å²) in [4.78, 5) is 12.6. The van der Waals surface area contributed by atoms with Crippen molar-refractivity contribution in [1.82, 2.24) is 0 Å². The van der Waals surface area contributed by atoms with Crippen molar-refractivity contribution in [1.29, 1.82) is 0 Å². The molecular formula is C16H21ClO2. The van der Waals surface area contributed by atoms with E-state index in [1.807, 2.05) is 6.92 Å². The molecule has 2 nitrogen and oxygen atoms in total. The highest BCUT2D eigenvalue weighted by Gasteiger charge is 2.30. The molecule has 0 N–H and O–H groups in total. The summed E-state index contributed by atoms with van der Waals surface area (Å²) < 4.78 is 5.75. The number of benzene rings is 1. The molecular weight excluding hydrogens is 260 g/mol. The molecule has 1 aromatic carbocycles. The van der Waals surface area contributed by atoms with Gasteiger partial charge in [0, 0.05) is 17.2 Å². The zero-order valence-corrected chi connectivity index (χ0v) is 12.2. The Bertz CT molecular complexity index is 407. The van der Waals surface area contributed by atoms with Crippen molar-refractivity contribution in [3.8, 4) is 0 Å². The van der Waals surface area contributed by atoms with Gasteiger partial charge in [0.05, 0.1) is 0 Å². The molecule has 0 aromatic heterocycles. The van der Waals surface area contributed by atoms with Crippen molar-refractivity contribution in [2.45, 2.75) is 45.1 Å². The molecule has 1 unspecified atom stereocenters. The van der Waals surface area contributed by atoms with Crippen LogP contribution in [0.1, 0.15) is 49.4 Å². The summed E-state index contributed by atoms with van der Waals surface area (Å²) in [7, 11) is 0. The second kappa shape index (κ2) is 7.06. The van der Waals surface area contributed by atoms with E-state index in [0.717, 1.165) is 12.8 Å². The summed E-state index contributed by atoms with van der Waals surface area (Å²) in [5.74, 6) is 0.474. The van der Waals surface area contributed by atoms with Gasteiger partial charge in [-0.15, -0.1) is 0 Å². The SMILES string of the molecule is CCOC(C(=O)c1ccc(Cl)cc1)C1CCCCC1. The van der Waals surface area contributed by atoms with E-state index >= 15 is 0 Å². The molecule has 1 fully saturated rings. The van der Waals surface area contributed by atoms with E-state index in [-0.39, 0.29) is 11.9 Å². The molecule has 0 bridgehead atoms. The van der Waals surface area contributed by atoms with Crippen LogP contribution in [0.25, 0.3) is 0 Å². The van der Waals surface area contributed by atoms with E-state index in [1.54, 1.807) is 24.3 Å². The molecule has 1 atom stereocenters. The minimum atomic E-state index is -0.286. The van der Waals surface area contributed by atoms with Gasteiger partial charge in [-0.3, -0.25) is 4.79 Å². The molecule has 0 amide bonds. The van der Waals surface area contributed by atoms with Crippen molar-refractivity contribution < 1.29 is 9.53 Å². The fourth-order valence-corrected chi connectivity index (χ4v) is 2.95. The molecule has 1 saturated carbocycles. The van der Waals surface area contributed by atoms with Crippen LogP contribution in [0.4, 0.5) is 0 Å². The van der Waals surface area contributed by atoms with Gasteiger partial charge in [-0.1, -0.05) is 30.9 Å². The Hall–Kier alpha value is -0.860. The molecule has 3 heteroatoms. The van der Waals surface area contributed by atoms with Gasteiger partial charge in [0.15, 0.2) is 5.78 Å². The number of halogens is 1. The van der Waals surface area contributed by atoms with Crippen LogP contribution in [-0.4, -0.2) is 18.5 Å². The first kappa shape index (κ1) is 14.5. The number of carbonyl (C=O) groups excluding carboxylic acids is 1. The summed E-state index contributed by atoms with van der Waals surface area (Å²) in [5, 5.41) is 0.655. The number of Topliss-reactive ketones (excluding diaryl/α,β-unsaturated/α-hetero) is 1. The minimum Gasteiger partial charge on any atom is -0.370 e. The van der Waals surface area contributed by atoms with E-state index in [1.165, 1.54) is 19.3 Å². The third-order valence-electron chi connectivity index (χ3n) is 3.81. The Balaban J connectivity index is 2.13. The first-order valence-electron chi connectivity index (χ1n) is 7.13. The second-order valence-corrected chi connectivity index (χ2v) is 5.58. The molecule has 0 radical (unpaired) electrons. The maximum atomic E-state index is 12.6. The smallest absolute Gasteiger partial charge is 0.191 e. The van der Waals surface area contributed by atoms with Crippen LogP contribution in [0.2, 0.25) is 5.02 Å². The molecule has 19 heavy (non-hydrogen) atoms. The van der Waals surface area contributed by atoms with Crippen LogP contribution < -0.4 is 0 Å². The van der Waals surface area contributed by atoms with Gasteiger partial charge < -0.3 is 4.74 Å². The predicted molar refractivity (Wildman–Crippen MR) is 77.8 cm³/mol. The highest BCUT2D eigenvalue weighted by Crippen LogP contribution is 2.30. The Morgan fingerprint density at radius 3 is 2.47 bits per heavy atom. The number of hydrogen-bond acceptors (Lipinski definition) is 2. The molecule has 0 heterocycles. The quantitative estimate of drug-likeness (QED) is 0.742. The van der Waals surface area contributed by atoms with Gasteiger partial charge in [0.25, 0.3) is 0 Å². The van der Waals surface area contributed by atoms with Gasteiger partial charge in [0.1, 0.15) is 6.10 Å². The average Bonchev–Trinajstić information content (AvgIpc) is 2.46. The Labute approximate surface area is 120 Å². The van der Waals surface area contributed by atoms with Crippen LogP contribution in [-0.2, 0) is 4.74 Å². The maximum Gasteiger partial charge on any atom is 0.191 e. The summed E-state index contributed by atoms with van der Waals surface area (Å²) >= 11 is 5.86. The van der Waals surface area contributed by atoms with Gasteiger partial charge in [-0.05, 0) is 49.9 Å². The van der Waals surface area contributed by atoms with E-state index in [4.69, 9.17) is 16.3 Å². The highest BCUT2D eigenvalue weighted by atomic mass is 35.5. The largest absolute Gasteiger partial charge is 0.370 e. The van der Waals surface area contributed by atoms with E-state index in [2.05, 4.69) is 0 Å². The Kier molecular flexibility index (Phi) is 5.41. The molecule has 0 spiro atoms. The van der Waals surface area contributed by atoms with Crippen LogP contribution in [0.3, 0.4) is 0 Å². The highest BCUT2D eigenvalue weighted by molar-refractivity contribution is 6.30. The van der Waals surface area contributed by atoms with Gasteiger partial charge in [-0.25, -0.2) is 0 Å². The van der Waals surface area contributed by atoms with Crippen molar-refractivity contribution >= 4 is 17.4 Å². The fourth-order valence-electron chi connectivity index (χ4n) is 2.82. The molecule has 0 aliphatic heterocycles. The van der Waals surface area contributed by atoms with Crippen LogP contribution in [0.5, 0.6) is 0 Å². The standard InChI is InChI=1S/C16H21ClO2/c1-2-19-16(13-6-4-3-5-7-13)15(18)12-8-10-14(17)11-9-12/h8-11,13,16H,2-7H2,1H3. The minimum absolute atomic E-state index is 0.102. The lowest BCUT2D eigenvalue weighted by Gasteiger charge is -2.29. The first-order valence-corrected chi connectivity index (χ1v) is 7.51. The lowest BCUT2D eigenvalue weighted by molar-refractivity contribution is 0.0127. The first-order chi connectivity index (χ1) is 9.22.